The molecule has 1 aliphatic carbocycles. The van der Waals surface area contributed by atoms with Gasteiger partial charge in [0.05, 0.1) is 41.1 Å². The van der Waals surface area contributed by atoms with Crippen molar-refractivity contribution in [3.8, 4) is 0 Å². The molecule has 14 nitrogen and oxygen atoms in total. The van der Waals surface area contributed by atoms with Crippen LogP contribution >= 0.6 is 67.8 Å². The van der Waals surface area contributed by atoms with Crippen molar-refractivity contribution in [1.29, 1.82) is 0 Å². The Bertz CT molecular complexity index is 979. The summed E-state index contributed by atoms with van der Waals surface area (Å²) in [6.07, 6.45) is -10.1. The highest BCUT2D eigenvalue weighted by Gasteiger charge is 2.64. The first-order chi connectivity index (χ1) is 17.5. The zero-order valence-corrected chi connectivity index (χ0v) is 26.6. The fourth-order valence-corrected chi connectivity index (χ4v) is 10.3. The zero-order valence-electron chi connectivity index (χ0n) is 20.2. The van der Waals surface area contributed by atoms with Crippen LogP contribution in [0.15, 0.2) is 18.4 Å². The minimum atomic E-state index is -2.24. The van der Waals surface area contributed by atoms with Crippen LogP contribution in [0, 0.1) is 5.41 Å². The molecule has 0 radical (unpaired) electrons. The van der Waals surface area contributed by atoms with E-state index in [4.69, 9.17) is 11.5 Å². The molecule has 0 bridgehead atoms. The molecule has 0 aromatic carbocycles. The molecule has 3 amide bonds. The number of rotatable bonds is 14. The maximum Gasteiger partial charge on any atom is 0.255 e. The quantitative estimate of drug-likeness (QED) is 0.0616. The number of carbonyl (C=O) groups is 3. The topological polar surface area (TPSA) is 268 Å². The van der Waals surface area contributed by atoms with Crippen LogP contribution < -0.4 is 11.5 Å². The molecular weight excluding hydrogens is 851 g/mol. The summed E-state index contributed by atoms with van der Waals surface area (Å²) in [4.78, 5) is 40.3. The molecule has 0 aromatic heterocycles. The van der Waals surface area contributed by atoms with Crippen molar-refractivity contribution in [3.05, 3.63) is 18.4 Å². The Labute approximate surface area is 259 Å². The summed E-state index contributed by atoms with van der Waals surface area (Å²) in [7, 11) is 0. The van der Waals surface area contributed by atoms with Crippen LogP contribution in [0.3, 0.4) is 0 Å². The number of amides is 3. The number of aliphatic hydroxyl groups is 8. The van der Waals surface area contributed by atoms with Crippen molar-refractivity contribution in [2.75, 3.05) is 26.4 Å². The van der Waals surface area contributed by atoms with Crippen molar-refractivity contribution in [2.45, 2.75) is 53.7 Å². The SMILES string of the molecule is CC(O)C(=O)N(CCO)C1=C(I)C(CC(O)C(O)CO)(C(N)=O)C(I)(CC(O)C(O)CO)C(C(N)=O)=C1I. The monoisotopic (exact) mass is 883 g/mol. The summed E-state index contributed by atoms with van der Waals surface area (Å²) in [5.41, 5.74) is 8.92. The molecule has 0 saturated carbocycles. The Morgan fingerprint density at radius 2 is 1.37 bits per heavy atom. The van der Waals surface area contributed by atoms with Gasteiger partial charge in [0.2, 0.25) is 11.8 Å². The molecule has 218 valence electrons. The number of aliphatic hydroxyl groups excluding tert-OH is 8. The van der Waals surface area contributed by atoms with Gasteiger partial charge >= 0.3 is 0 Å². The van der Waals surface area contributed by atoms with E-state index in [-0.39, 0.29) is 18.4 Å². The first kappa shape index (κ1) is 35.8. The Morgan fingerprint density at radius 1 is 0.895 bits per heavy atom. The summed E-state index contributed by atoms with van der Waals surface area (Å²) in [6, 6.07) is 0. The average molecular weight is 883 g/mol. The Kier molecular flexibility index (Phi) is 13.7. The Morgan fingerprint density at radius 3 is 1.74 bits per heavy atom. The van der Waals surface area contributed by atoms with Crippen LogP contribution in [0.25, 0.3) is 0 Å². The molecule has 0 saturated heterocycles. The third-order valence-corrected chi connectivity index (χ3v) is 10.6. The van der Waals surface area contributed by atoms with E-state index >= 15 is 0 Å². The van der Waals surface area contributed by atoms with Crippen LogP contribution in [0.1, 0.15) is 19.8 Å². The van der Waals surface area contributed by atoms with E-state index in [9.17, 15) is 55.2 Å². The molecule has 1 aliphatic rings. The van der Waals surface area contributed by atoms with E-state index in [1.807, 2.05) is 0 Å². The van der Waals surface area contributed by atoms with E-state index in [0.717, 1.165) is 11.8 Å². The lowest BCUT2D eigenvalue weighted by Gasteiger charge is -2.52. The van der Waals surface area contributed by atoms with E-state index in [1.165, 1.54) is 0 Å². The van der Waals surface area contributed by atoms with E-state index in [0.29, 0.717) is 0 Å². The first-order valence-corrected chi connectivity index (χ1v) is 14.4. The molecule has 17 heteroatoms. The number of hydrogen-bond donors (Lipinski definition) is 10. The van der Waals surface area contributed by atoms with Gasteiger partial charge in [-0.25, -0.2) is 0 Å². The molecule has 12 N–H and O–H groups in total. The second-order valence-electron chi connectivity index (χ2n) is 8.72. The molecule has 0 aliphatic heterocycles. The zero-order chi connectivity index (χ0) is 29.7. The summed E-state index contributed by atoms with van der Waals surface area (Å²) in [5, 5.41) is 80.1. The normalized spacial score (nSPS) is 26.0. The largest absolute Gasteiger partial charge is 0.395 e. The third-order valence-electron chi connectivity index (χ3n) is 6.23. The highest BCUT2D eigenvalue weighted by molar-refractivity contribution is 14.1. The summed E-state index contributed by atoms with van der Waals surface area (Å²) < 4.78 is -2.05. The van der Waals surface area contributed by atoms with E-state index in [2.05, 4.69) is 0 Å². The van der Waals surface area contributed by atoms with Crippen molar-refractivity contribution in [1.82, 2.24) is 4.90 Å². The summed E-state index contributed by atoms with van der Waals surface area (Å²) in [6.45, 7) is -1.65. The number of nitrogens with zero attached hydrogens (tertiary/aromatic N) is 1. The third kappa shape index (κ3) is 6.79. The van der Waals surface area contributed by atoms with Gasteiger partial charge in [0.15, 0.2) is 0 Å². The smallest absolute Gasteiger partial charge is 0.255 e. The van der Waals surface area contributed by atoms with Gasteiger partial charge in [0.1, 0.15) is 23.7 Å². The van der Waals surface area contributed by atoms with Crippen LogP contribution in [-0.4, -0.2) is 124 Å². The van der Waals surface area contributed by atoms with Gasteiger partial charge in [0.25, 0.3) is 5.91 Å². The van der Waals surface area contributed by atoms with Crippen LogP contribution in [0.2, 0.25) is 0 Å². The van der Waals surface area contributed by atoms with E-state index in [1.54, 1.807) is 67.8 Å². The number of nitrogens with two attached hydrogens (primary N) is 2. The summed E-state index contributed by atoms with van der Waals surface area (Å²) >= 11 is 4.96. The lowest BCUT2D eigenvalue weighted by Crippen LogP contribution is -2.62. The van der Waals surface area contributed by atoms with Gasteiger partial charge in [-0.05, 0) is 64.9 Å². The molecule has 0 heterocycles. The van der Waals surface area contributed by atoms with Crippen molar-refractivity contribution in [2.24, 2.45) is 16.9 Å². The number of carbonyl (C=O) groups excluding carboxylic acids is 3. The fourth-order valence-electron chi connectivity index (χ4n) is 4.23. The Balaban J connectivity index is 4.30. The van der Waals surface area contributed by atoms with E-state index < -0.39 is 96.3 Å². The van der Waals surface area contributed by atoms with Crippen molar-refractivity contribution in [3.63, 3.8) is 0 Å². The average Bonchev–Trinajstić information content (AvgIpc) is 2.83. The number of halogens is 3. The molecule has 7 atom stereocenters. The van der Waals surface area contributed by atoms with Gasteiger partial charge in [-0.1, -0.05) is 22.6 Å². The lowest BCUT2D eigenvalue weighted by molar-refractivity contribution is -0.138. The predicted octanol–water partition coefficient (Wildman–Crippen LogP) is -3.12. The molecule has 7 unspecified atom stereocenters. The lowest BCUT2D eigenvalue weighted by atomic mass is 9.62. The second kappa shape index (κ2) is 14.6. The molecule has 0 spiro atoms. The fraction of sp³-hybridized carbons (Fsp3) is 0.667. The van der Waals surface area contributed by atoms with Gasteiger partial charge in [-0.2, -0.15) is 0 Å². The van der Waals surface area contributed by atoms with Crippen LogP contribution in [-0.2, 0) is 14.4 Å². The molecule has 0 aromatic rings. The minimum absolute atomic E-state index is 0.0175. The first-order valence-electron chi connectivity index (χ1n) is 11.1. The number of alkyl halides is 1. The molecular formula is C21H32I3N3O11. The maximum atomic E-state index is 13.4. The van der Waals surface area contributed by atoms with Gasteiger partial charge in [-0.3, -0.25) is 14.4 Å². The predicted molar refractivity (Wildman–Crippen MR) is 158 cm³/mol. The molecule has 1 rings (SSSR count). The molecule has 0 fully saturated rings. The highest BCUT2D eigenvalue weighted by atomic mass is 127. The van der Waals surface area contributed by atoms with Crippen molar-refractivity contribution < 1.29 is 55.2 Å². The summed E-state index contributed by atoms with van der Waals surface area (Å²) in [5.74, 6) is -3.25. The van der Waals surface area contributed by atoms with Gasteiger partial charge in [0, 0.05) is 19.3 Å². The maximum absolute atomic E-state index is 13.4. The standard InChI is InChI=1S/C21H32I3N3O11/c1-8(31)18(37)27(2-3-28)15-14(22)13(17(25)36)21(24,5-10(33)12(35)7-30)20(16(15)23,19(26)38)4-9(32)11(34)6-29/h8-12,28-35H,2-7H2,1H3,(H2,25,36)(H2,26,38). The van der Waals surface area contributed by atoms with Crippen LogP contribution in [0.4, 0.5) is 0 Å². The minimum Gasteiger partial charge on any atom is -0.395 e. The number of primary amides is 2. The number of allylic oxidation sites excluding steroid dienone is 1. The second-order valence-corrected chi connectivity index (χ2v) is 12.7. The Hall–Kier alpha value is -0.240. The molecule has 38 heavy (non-hydrogen) atoms. The van der Waals surface area contributed by atoms with Gasteiger partial charge < -0.3 is 57.2 Å². The van der Waals surface area contributed by atoms with Crippen molar-refractivity contribution >= 4 is 85.5 Å². The van der Waals surface area contributed by atoms with Crippen LogP contribution in [0.5, 0.6) is 0 Å². The number of hydrogen-bond acceptors (Lipinski definition) is 11. The van der Waals surface area contributed by atoms with Gasteiger partial charge in [-0.15, -0.1) is 0 Å². The highest BCUT2D eigenvalue weighted by Crippen LogP contribution is 2.63.